The number of nitrogens with two attached hydrogens (primary N) is 3. The van der Waals surface area contributed by atoms with Gasteiger partial charge in [0.1, 0.15) is 54.4 Å². The first kappa shape index (κ1) is 75.2. The Balaban J connectivity index is 5.96. The molecule has 466 valence electrons. The van der Waals surface area contributed by atoms with Crippen molar-refractivity contribution in [1.82, 2.24) is 63.8 Å². The maximum atomic E-state index is 13.9. The van der Waals surface area contributed by atoms with Crippen LogP contribution in [0.4, 0.5) is 0 Å². The van der Waals surface area contributed by atoms with Crippen LogP contribution in [0.2, 0.25) is 0 Å². The molecule has 32 heteroatoms. The Morgan fingerprint density at radius 2 is 0.963 bits per heavy atom. The molecule has 0 saturated heterocycles. The van der Waals surface area contributed by atoms with Crippen LogP contribution >= 0.6 is 24.4 Å². The van der Waals surface area contributed by atoms with E-state index >= 15 is 0 Å². The lowest BCUT2D eigenvalue weighted by atomic mass is 9.94. The highest BCUT2D eigenvalue weighted by Crippen LogP contribution is 2.14. The van der Waals surface area contributed by atoms with Crippen LogP contribution in [-0.4, -0.2) is 193 Å². The Morgan fingerprint density at radius 1 is 0.512 bits per heavy atom. The van der Waals surface area contributed by atoms with Crippen molar-refractivity contribution >= 4 is 107 Å². The van der Waals surface area contributed by atoms with Gasteiger partial charge in [-0.3, -0.25) is 67.1 Å². The fourth-order valence-corrected chi connectivity index (χ4v) is 8.22. The largest absolute Gasteiger partial charge is 0.394 e. The van der Waals surface area contributed by atoms with E-state index in [2.05, 4.69) is 76.4 Å². The molecule has 0 aromatic carbocycles. The predicted octanol–water partition coefficient (Wildman–Crippen LogP) is -5.96. The number of aliphatic hydroxyl groups is 1. The summed E-state index contributed by atoms with van der Waals surface area (Å²) in [4.78, 5) is 181. The van der Waals surface area contributed by atoms with E-state index < -0.39 is 182 Å². The molecule has 0 spiro atoms. The third-order valence-corrected chi connectivity index (χ3v) is 13.6. The van der Waals surface area contributed by atoms with Crippen molar-refractivity contribution in [2.75, 3.05) is 50.5 Å². The highest BCUT2D eigenvalue weighted by molar-refractivity contribution is 7.98. The van der Waals surface area contributed by atoms with Crippen molar-refractivity contribution in [2.24, 2.45) is 35.0 Å². The van der Waals surface area contributed by atoms with Crippen LogP contribution in [0.15, 0.2) is 0 Å². The maximum absolute atomic E-state index is 13.9. The van der Waals surface area contributed by atoms with Crippen molar-refractivity contribution < 1.29 is 72.2 Å². The van der Waals surface area contributed by atoms with Gasteiger partial charge in [-0.2, -0.15) is 24.4 Å². The van der Waals surface area contributed by atoms with Crippen LogP contribution in [-0.2, 0) is 67.1 Å². The van der Waals surface area contributed by atoms with Gasteiger partial charge in [0.05, 0.1) is 32.7 Å². The van der Waals surface area contributed by atoms with E-state index in [9.17, 15) is 72.2 Å². The molecule has 0 aliphatic carbocycles. The number of carbonyl (C=O) groups excluding carboxylic acids is 14. The van der Waals surface area contributed by atoms with Crippen LogP contribution in [0, 0.1) is 17.8 Å². The molecular formula is C50H89N15O15S2. The number of hydrogen-bond donors (Lipinski definition) is 17. The smallest absolute Gasteiger partial charge is 0.245 e. The highest BCUT2D eigenvalue weighted by Gasteiger charge is 2.35. The molecular weight excluding hydrogens is 1110 g/mol. The van der Waals surface area contributed by atoms with Crippen molar-refractivity contribution in [3.63, 3.8) is 0 Å². The Kier molecular flexibility index (Phi) is 37.1. The number of hydrogen-bond acceptors (Lipinski definition) is 18. The van der Waals surface area contributed by atoms with Gasteiger partial charge in [0.25, 0.3) is 0 Å². The summed E-state index contributed by atoms with van der Waals surface area (Å²) in [5.41, 5.74) is 16.1. The average molecular weight is 1200 g/mol. The van der Waals surface area contributed by atoms with E-state index in [-0.39, 0.29) is 37.5 Å². The van der Waals surface area contributed by atoms with E-state index in [1.807, 2.05) is 20.1 Å². The number of amides is 14. The fraction of sp³-hybridized carbons (Fsp3) is 0.720. The number of carbonyl (C=O) groups is 14. The molecule has 0 aromatic rings. The third kappa shape index (κ3) is 29.8. The fourth-order valence-electron chi connectivity index (χ4n) is 7.48. The number of thiol groups is 1. The zero-order valence-corrected chi connectivity index (χ0v) is 50.0. The number of rotatable bonds is 41. The van der Waals surface area contributed by atoms with Gasteiger partial charge in [0.2, 0.25) is 82.7 Å². The van der Waals surface area contributed by atoms with Crippen LogP contribution < -0.4 is 81.0 Å². The molecule has 0 aliphatic rings. The minimum Gasteiger partial charge on any atom is -0.394 e. The number of unbranched alkanes of at least 4 members (excludes halogenated alkanes) is 1. The summed E-state index contributed by atoms with van der Waals surface area (Å²) in [6.07, 6.45) is 2.93. The van der Waals surface area contributed by atoms with E-state index in [4.69, 9.17) is 17.2 Å². The highest BCUT2D eigenvalue weighted by atomic mass is 32.2. The third-order valence-electron chi connectivity index (χ3n) is 12.6. The maximum Gasteiger partial charge on any atom is 0.245 e. The number of aliphatic hydroxyl groups excluding tert-OH is 1. The van der Waals surface area contributed by atoms with Gasteiger partial charge in [0, 0.05) is 12.7 Å². The summed E-state index contributed by atoms with van der Waals surface area (Å²) >= 11 is 5.38. The Morgan fingerprint density at radius 3 is 1.43 bits per heavy atom. The topological polar surface area (TPSA) is 482 Å². The van der Waals surface area contributed by atoms with E-state index in [0.717, 1.165) is 0 Å². The first-order valence-corrected chi connectivity index (χ1v) is 29.0. The minimum absolute atomic E-state index is 0.0571. The molecule has 0 saturated carbocycles. The second kappa shape index (κ2) is 40.4. The predicted molar refractivity (Wildman–Crippen MR) is 306 cm³/mol. The van der Waals surface area contributed by atoms with E-state index in [1.165, 1.54) is 25.6 Å². The van der Waals surface area contributed by atoms with Crippen LogP contribution in [0.1, 0.15) is 107 Å². The molecule has 82 heavy (non-hydrogen) atoms. The van der Waals surface area contributed by atoms with Gasteiger partial charge in [-0.1, -0.05) is 54.4 Å². The first-order chi connectivity index (χ1) is 38.5. The zero-order valence-electron chi connectivity index (χ0n) is 48.3. The van der Waals surface area contributed by atoms with Gasteiger partial charge in [-0.15, -0.1) is 0 Å². The number of nitrogens with one attached hydrogen (secondary N) is 12. The molecule has 0 radical (unpaired) electrons. The van der Waals surface area contributed by atoms with Gasteiger partial charge < -0.3 is 86.1 Å². The Labute approximate surface area is 488 Å². The standard InChI is InChI=1S/C50H89N15O15S2/c1-10-26(5)40(64-39(71)22-55-44(74)32(18-25(3)4)61-47(77)31(15-17-82-9)58-29(8)67)50(80)65-41(27(6)11-2)49(79)57-28(7)43(73)54-20-37(69)59-30(14-12-13-16-51)46(76)62-33(19-36(52)68)48(78)63-34(23-66)45(75)56-21-38(70)60-35(24-81)42(53)72/h25-28,30-35,40-41,66,81H,10-24,51H2,1-9H3,(H2,52,68)(H2,53,72)(H,54,73)(H,55,74)(H,56,75)(H,57,79)(H,58,67)(H,59,69)(H,60,70)(H,61,77)(H,62,76)(H,63,78)(H,64,71)(H,65,80)/t26-,27-,28-,30-,31-,32-,33-,34-,35-,40-,41-/m1/s1. The lowest BCUT2D eigenvalue weighted by Crippen LogP contribution is -2.60. The summed E-state index contributed by atoms with van der Waals surface area (Å²) in [5, 5.41) is 39.1. The molecule has 30 nitrogen and oxygen atoms in total. The molecule has 0 bridgehead atoms. The first-order valence-electron chi connectivity index (χ1n) is 27.0. The lowest BCUT2D eigenvalue weighted by molar-refractivity contribution is -0.136. The summed E-state index contributed by atoms with van der Waals surface area (Å²) < 4.78 is 0. The Bertz CT molecular complexity index is 2200. The number of thioether (sulfide) groups is 1. The molecule has 11 atom stereocenters. The van der Waals surface area contributed by atoms with Crippen LogP contribution in [0.5, 0.6) is 0 Å². The number of primary amides is 2. The zero-order chi connectivity index (χ0) is 62.8. The lowest BCUT2D eigenvalue weighted by Gasteiger charge is -2.29. The van der Waals surface area contributed by atoms with Gasteiger partial charge in [-0.25, -0.2) is 0 Å². The second-order valence-corrected chi connectivity index (χ2v) is 21.3. The van der Waals surface area contributed by atoms with Crippen molar-refractivity contribution in [3.05, 3.63) is 0 Å². The summed E-state index contributed by atoms with van der Waals surface area (Å²) in [6.45, 7) is 10.3. The average Bonchev–Trinajstić information content (AvgIpc) is 3.48. The SMILES string of the molecule is CC[C@@H](C)[C@@H](NC(=O)CNC(=O)[C@@H](CC(C)C)NC(=O)[C@@H](CCSC)NC(C)=O)C(=O)N[C@@H](C(=O)N[C@H](C)C(=O)NCC(=O)N[C@H](CCCCN)C(=O)N[C@H](CC(N)=O)C(=O)N[C@H](CO)C(=O)NCC(=O)N[C@H](CS)C(N)=O)[C@H](C)CC. The van der Waals surface area contributed by atoms with E-state index in [0.29, 0.717) is 31.4 Å². The monoisotopic (exact) mass is 1200 g/mol. The Hall–Kier alpha value is -6.80. The minimum atomic E-state index is -1.76. The van der Waals surface area contributed by atoms with E-state index in [1.54, 1.807) is 27.7 Å². The second-order valence-electron chi connectivity index (χ2n) is 20.0. The van der Waals surface area contributed by atoms with Crippen LogP contribution in [0.3, 0.4) is 0 Å². The van der Waals surface area contributed by atoms with Crippen molar-refractivity contribution in [2.45, 2.75) is 161 Å². The van der Waals surface area contributed by atoms with Crippen molar-refractivity contribution in [1.29, 1.82) is 0 Å². The molecule has 19 N–H and O–H groups in total. The molecule has 0 rings (SSSR count). The molecule has 0 unspecified atom stereocenters. The van der Waals surface area contributed by atoms with Gasteiger partial charge >= 0.3 is 0 Å². The summed E-state index contributed by atoms with van der Waals surface area (Å²) in [6, 6.07) is -11.7. The normalized spacial score (nSPS) is 15.0. The summed E-state index contributed by atoms with van der Waals surface area (Å²) in [7, 11) is 0. The van der Waals surface area contributed by atoms with Crippen LogP contribution in [0.25, 0.3) is 0 Å². The molecule has 14 amide bonds. The van der Waals surface area contributed by atoms with Gasteiger partial charge in [0.15, 0.2) is 0 Å². The molecule has 0 fully saturated rings. The summed E-state index contributed by atoms with van der Waals surface area (Å²) in [5.74, 6) is -12.4. The van der Waals surface area contributed by atoms with Gasteiger partial charge in [-0.05, 0) is 75.3 Å². The molecule has 0 heterocycles. The quantitative estimate of drug-likeness (QED) is 0.0200. The van der Waals surface area contributed by atoms with Crippen molar-refractivity contribution in [3.8, 4) is 0 Å². The molecule has 0 aromatic heterocycles. The molecule has 0 aliphatic heterocycles.